The van der Waals surface area contributed by atoms with Gasteiger partial charge in [0.25, 0.3) is 0 Å². The van der Waals surface area contributed by atoms with Gasteiger partial charge in [-0.1, -0.05) is 5.16 Å². The number of nitrogens with two attached hydrogens (primary N) is 1. The highest BCUT2D eigenvalue weighted by atomic mass is 16.4. The van der Waals surface area contributed by atoms with Crippen molar-refractivity contribution >= 4 is 5.84 Å². The first-order valence-electron chi connectivity index (χ1n) is 5.91. The van der Waals surface area contributed by atoms with Gasteiger partial charge in [-0.3, -0.25) is 4.98 Å². The van der Waals surface area contributed by atoms with Crippen molar-refractivity contribution in [2.24, 2.45) is 10.9 Å². The summed E-state index contributed by atoms with van der Waals surface area (Å²) in [6.45, 7) is 2.78. The third-order valence-corrected chi connectivity index (χ3v) is 2.48. The monoisotopic (exact) mass is 251 g/mol. The summed E-state index contributed by atoms with van der Waals surface area (Å²) in [4.78, 5) is 6.18. The van der Waals surface area contributed by atoms with Crippen LogP contribution in [0.2, 0.25) is 0 Å². The van der Waals surface area contributed by atoms with Crippen LogP contribution in [0.3, 0.4) is 0 Å². The zero-order valence-corrected chi connectivity index (χ0v) is 10.9. The molecule has 1 aromatic rings. The maximum atomic E-state index is 8.58. The summed E-state index contributed by atoms with van der Waals surface area (Å²) in [6.07, 6.45) is 2.76. The van der Waals surface area contributed by atoms with Crippen LogP contribution >= 0.6 is 0 Å². The van der Waals surface area contributed by atoms with E-state index >= 15 is 0 Å². The van der Waals surface area contributed by atoms with E-state index < -0.39 is 0 Å². The normalized spacial score (nSPS) is 12.1. The topological polar surface area (TPSA) is 86.8 Å². The molecule has 0 aliphatic carbocycles. The van der Waals surface area contributed by atoms with E-state index in [1.807, 2.05) is 12.1 Å². The second-order valence-electron chi connectivity index (χ2n) is 4.37. The molecule has 0 amide bonds. The van der Waals surface area contributed by atoms with Gasteiger partial charge in [0.15, 0.2) is 5.84 Å². The Morgan fingerprint density at radius 1 is 1.56 bits per heavy atom. The van der Waals surface area contributed by atoms with Crippen molar-refractivity contribution in [1.29, 1.82) is 0 Å². The maximum absolute atomic E-state index is 8.58. The number of pyridine rings is 1. The highest BCUT2D eigenvalue weighted by molar-refractivity contribution is 5.95. The second kappa shape index (κ2) is 7.62. The Labute approximate surface area is 107 Å². The summed E-state index contributed by atoms with van der Waals surface area (Å²) in [5, 5.41) is 14.9. The first-order chi connectivity index (χ1) is 8.63. The largest absolute Gasteiger partial charge is 0.409 e. The summed E-state index contributed by atoms with van der Waals surface area (Å²) < 4.78 is 0. The Hall–Kier alpha value is -1.66. The van der Waals surface area contributed by atoms with Gasteiger partial charge < -0.3 is 21.2 Å². The van der Waals surface area contributed by atoms with Crippen molar-refractivity contribution in [3.63, 3.8) is 0 Å². The van der Waals surface area contributed by atoms with Gasteiger partial charge in [-0.25, -0.2) is 0 Å². The highest BCUT2D eigenvalue weighted by Gasteiger charge is 2.01. The Morgan fingerprint density at radius 2 is 2.33 bits per heavy atom. The zero-order chi connectivity index (χ0) is 13.4. The average molecular weight is 251 g/mol. The van der Waals surface area contributed by atoms with Crippen LogP contribution < -0.4 is 11.1 Å². The SMILES string of the molecule is CN(C)CCCNCc1ccnc(C(N)=NO)c1. The molecule has 0 aliphatic heterocycles. The van der Waals surface area contributed by atoms with Crippen LogP contribution in [0.1, 0.15) is 17.7 Å². The van der Waals surface area contributed by atoms with E-state index in [0.29, 0.717) is 5.69 Å². The molecular formula is C12H21N5O. The maximum Gasteiger partial charge on any atom is 0.188 e. The third kappa shape index (κ3) is 5.11. The molecule has 0 unspecified atom stereocenters. The summed E-state index contributed by atoms with van der Waals surface area (Å²) in [6, 6.07) is 3.72. The molecule has 0 aliphatic rings. The van der Waals surface area contributed by atoms with E-state index in [4.69, 9.17) is 10.9 Å². The number of nitrogens with one attached hydrogen (secondary N) is 1. The lowest BCUT2D eigenvalue weighted by Crippen LogP contribution is -2.21. The van der Waals surface area contributed by atoms with Crippen molar-refractivity contribution < 1.29 is 5.21 Å². The fourth-order valence-corrected chi connectivity index (χ4v) is 1.53. The molecule has 1 rings (SSSR count). The van der Waals surface area contributed by atoms with Crippen molar-refractivity contribution in [2.75, 3.05) is 27.2 Å². The number of amidine groups is 1. The number of hydrogen-bond donors (Lipinski definition) is 3. The van der Waals surface area contributed by atoms with Crippen molar-refractivity contribution in [2.45, 2.75) is 13.0 Å². The predicted molar refractivity (Wildman–Crippen MR) is 71.6 cm³/mol. The standard InChI is InChI=1S/C12H21N5O/c1-17(2)7-3-5-14-9-10-4-6-15-11(8-10)12(13)16-18/h4,6,8,14,18H,3,5,7,9H2,1-2H3,(H2,13,16). The molecule has 0 spiro atoms. The minimum Gasteiger partial charge on any atom is -0.409 e. The van der Waals surface area contributed by atoms with Gasteiger partial charge in [-0.05, 0) is 51.3 Å². The van der Waals surface area contributed by atoms with Gasteiger partial charge in [-0.2, -0.15) is 0 Å². The van der Waals surface area contributed by atoms with Crippen LogP contribution in [0.4, 0.5) is 0 Å². The molecule has 1 heterocycles. The van der Waals surface area contributed by atoms with E-state index in [2.05, 4.69) is 34.5 Å². The highest BCUT2D eigenvalue weighted by Crippen LogP contribution is 2.01. The molecule has 0 fully saturated rings. The summed E-state index contributed by atoms with van der Waals surface area (Å²) >= 11 is 0. The van der Waals surface area contributed by atoms with Crippen molar-refractivity contribution in [3.05, 3.63) is 29.6 Å². The number of aromatic nitrogens is 1. The number of nitrogens with zero attached hydrogens (tertiary/aromatic N) is 3. The molecule has 0 bridgehead atoms. The Morgan fingerprint density at radius 3 is 3.00 bits per heavy atom. The Bertz CT molecular complexity index is 392. The Kier molecular flexibility index (Phi) is 6.10. The summed E-state index contributed by atoms with van der Waals surface area (Å²) in [5.74, 6) is 0.0319. The molecule has 0 atom stereocenters. The van der Waals surface area contributed by atoms with Crippen LogP contribution in [0, 0.1) is 0 Å². The number of oxime groups is 1. The quantitative estimate of drug-likeness (QED) is 0.212. The molecule has 0 saturated heterocycles. The average Bonchev–Trinajstić information content (AvgIpc) is 2.37. The molecule has 6 heteroatoms. The molecule has 0 radical (unpaired) electrons. The minimum atomic E-state index is 0.0319. The molecule has 1 aromatic heterocycles. The molecule has 4 N–H and O–H groups in total. The fourth-order valence-electron chi connectivity index (χ4n) is 1.53. The van der Waals surface area contributed by atoms with Crippen LogP contribution in [0.5, 0.6) is 0 Å². The molecular weight excluding hydrogens is 230 g/mol. The molecule has 0 saturated carbocycles. The number of hydrogen-bond acceptors (Lipinski definition) is 5. The third-order valence-electron chi connectivity index (χ3n) is 2.48. The number of rotatable bonds is 7. The molecule has 18 heavy (non-hydrogen) atoms. The van der Waals surface area contributed by atoms with Gasteiger partial charge in [-0.15, -0.1) is 0 Å². The van der Waals surface area contributed by atoms with Crippen LogP contribution in [0.15, 0.2) is 23.5 Å². The summed E-state index contributed by atoms with van der Waals surface area (Å²) in [7, 11) is 4.12. The van der Waals surface area contributed by atoms with Crippen LogP contribution in [0.25, 0.3) is 0 Å². The lowest BCUT2D eigenvalue weighted by Gasteiger charge is -2.10. The van der Waals surface area contributed by atoms with Crippen molar-refractivity contribution in [3.8, 4) is 0 Å². The summed E-state index contributed by atoms with van der Waals surface area (Å²) in [5.41, 5.74) is 7.04. The van der Waals surface area contributed by atoms with E-state index in [1.54, 1.807) is 6.20 Å². The van der Waals surface area contributed by atoms with Gasteiger partial charge >= 0.3 is 0 Å². The smallest absolute Gasteiger partial charge is 0.188 e. The van der Waals surface area contributed by atoms with Gasteiger partial charge in [0.05, 0.1) is 0 Å². The van der Waals surface area contributed by atoms with Crippen molar-refractivity contribution in [1.82, 2.24) is 15.2 Å². The zero-order valence-electron chi connectivity index (χ0n) is 10.9. The lowest BCUT2D eigenvalue weighted by molar-refractivity contribution is 0.318. The Balaban J connectivity index is 2.39. The van der Waals surface area contributed by atoms with Crippen LogP contribution in [-0.2, 0) is 6.54 Å². The molecule has 100 valence electrons. The first-order valence-corrected chi connectivity index (χ1v) is 5.91. The molecule has 0 aromatic carbocycles. The molecule has 6 nitrogen and oxygen atoms in total. The first kappa shape index (κ1) is 14.4. The van der Waals surface area contributed by atoms with E-state index in [0.717, 1.165) is 31.6 Å². The fraction of sp³-hybridized carbons (Fsp3) is 0.500. The van der Waals surface area contributed by atoms with Gasteiger partial charge in [0.1, 0.15) is 5.69 Å². The predicted octanol–water partition coefficient (Wildman–Crippen LogP) is 0.217. The lowest BCUT2D eigenvalue weighted by atomic mass is 10.2. The van der Waals surface area contributed by atoms with Gasteiger partial charge in [0, 0.05) is 12.7 Å². The second-order valence-corrected chi connectivity index (χ2v) is 4.37. The van der Waals surface area contributed by atoms with E-state index in [9.17, 15) is 0 Å². The van der Waals surface area contributed by atoms with Crippen LogP contribution in [-0.4, -0.2) is 48.1 Å². The van der Waals surface area contributed by atoms with Gasteiger partial charge in [0.2, 0.25) is 0 Å². The minimum absolute atomic E-state index is 0.0319. The van der Waals surface area contributed by atoms with E-state index in [1.165, 1.54) is 0 Å². The van der Waals surface area contributed by atoms with E-state index in [-0.39, 0.29) is 5.84 Å².